The SMILES string of the molecule is CCCCCC(C)(C)C(C=CC1CCC2(OCCO2)C1CCC=CC=CC(=O)OC)OC1CCCCO1. The van der Waals surface area contributed by atoms with E-state index in [-0.39, 0.29) is 29.7 Å². The lowest BCUT2D eigenvalue weighted by molar-refractivity contribution is -0.198. The topological polar surface area (TPSA) is 63.2 Å². The molecular weight excluding hydrogens is 468 g/mol. The third-order valence-electron chi connectivity index (χ3n) is 8.17. The van der Waals surface area contributed by atoms with Gasteiger partial charge in [-0.15, -0.1) is 0 Å². The molecule has 1 spiro atoms. The molecular formula is C31H50O6. The highest BCUT2D eigenvalue weighted by molar-refractivity contribution is 5.82. The number of allylic oxidation sites excluding steroid dienone is 4. The Morgan fingerprint density at radius 3 is 2.62 bits per heavy atom. The number of rotatable bonds is 14. The summed E-state index contributed by atoms with van der Waals surface area (Å²) in [6.07, 6.45) is 23.7. The number of methoxy groups -OCH3 is 1. The van der Waals surface area contributed by atoms with Crippen molar-refractivity contribution in [2.24, 2.45) is 17.3 Å². The predicted molar refractivity (Wildman–Crippen MR) is 146 cm³/mol. The average molecular weight is 519 g/mol. The third-order valence-corrected chi connectivity index (χ3v) is 8.17. The smallest absolute Gasteiger partial charge is 0.330 e. The van der Waals surface area contributed by atoms with E-state index in [1.54, 1.807) is 6.08 Å². The Morgan fingerprint density at radius 1 is 1.11 bits per heavy atom. The molecule has 4 unspecified atom stereocenters. The lowest BCUT2D eigenvalue weighted by atomic mass is 9.80. The van der Waals surface area contributed by atoms with Gasteiger partial charge >= 0.3 is 5.97 Å². The summed E-state index contributed by atoms with van der Waals surface area (Å²) < 4.78 is 29.7. The fourth-order valence-corrected chi connectivity index (χ4v) is 5.92. The molecule has 2 aliphatic heterocycles. The van der Waals surface area contributed by atoms with Crippen molar-refractivity contribution in [3.05, 3.63) is 36.5 Å². The monoisotopic (exact) mass is 518 g/mol. The van der Waals surface area contributed by atoms with Crippen molar-refractivity contribution in [2.45, 2.75) is 110 Å². The molecule has 3 fully saturated rings. The van der Waals surface area contributed by atoms with Crippen molar-refractivity contribution in [3.8, 4) is 0 Å². The first-order chi connectivity index (χ1) is 17.9. The molecule has 3 rings (SSSR count). The van der Waals surface area contributed by atoms with E-state index in [1.165, 1.54) is 38.9 Å². The van der Waals surface area contributed by atoms with Crippen LogP contribution in [0.15, 0.2) is 36.5 Å². The quantitative estimate of drug-likeness (QED) is 0.0820. The molecule has 0 N–H and O–H groups in total. The highest BCUT2D eigenvalue weighted by Gasteiger charge is 2.51. The van der Waals surface area contributed by atoms with E-state index in [4.69, 9.17) is 18.9 Å². The summed E-state index contributed by atoms with van der Waals surface area (Å²) in [5, 5.41) is 0. The Kier molecular flexibility index (Phi) is 12.4. The van der Waals surface area contributed by atoms with E-state index in [9.17, 15) is 4.79 Å². The van der Waals surface area contributed by atoms with Crippen LogP contribution in [0.4, 0.5) is 0 Å². The first-order valence-corrected chi connectivity index (χ1v) is 14.5. The van der Waals surface area contributed by atoms with Crippen LogP contribution in [0.3, 0.4) is 0 Å². The summed E-state index contributed by atoms with van der Waals surface area (Å²) in [7, 11) is 1.38. The van der Waals surface area contributed by atoms with E-state index in [0.717, 1.165) is 51.6 Å². The zero-order valence-electron chi connectivity index (χ0n) is 23.6. The van der Waals surface area contributed by atoms with E-state index in [0.29, 0.717) is 19.1 Å². The summed E-state index contributed by atoms with van der Waals surface area (Å²) in [5.74, 6) is -0.146. The molecule has 0 amide bonds. The zero-order valence-corrected chi connectivity index (χ0v) is 23.6. The van der Waals surface area contributed by atoms with Gasteiger partial charge in [-0.2, -0.15) is 0 Å². The Morgan fingerprint density at radius 2 is 1.92 bits per heavy atom. The molecule has 37 heavy (non-hydrogen) atoms. The molecule has 4 atom stereocenters. The summed E-state index contributed by atoms with van der Waals surface area (Å²) in [5.41, 5.74) is 0.0351. The number of ether oxygens (including phenoxy) is 5. The van der Waals surface area contributed by atoms with Gasteiger partial charge < -0.3 is 23.7 Å². The second kappa shape index (κ2) is 15.2. The van der Waals surface area contributed by atoms with Gasteiger partial charge in [-0.25, -0.2) is 4.79 Å². The predicted octanol–water partition coefficient (Wildman–Crippen LogP) is 6.90. The molecule has 2 heterocycles. The van der Waals surface area contributed by atoms with Crippen molar-refractivity contribution in [1.29, 1.82) is 0 Å². The molecule has 6 heteroatoms. The van der Waals surface area contributed by atoms with E-state index in [1.807, 2.05) is 6.08 Å². The lowest BCUT2D eigenvalue weighted by Gasteiger charge is -2.37. The van der Waals surface area contributed by atoms with Gasteiger partial charge in [0.15, 0.2) is 12.1 Å². The second-order valence-electron chi connectivity index (χ2n) is 11.4. The van der Waals surface area contributed by atoms with E-state index >= 15 is 0 Å². The maximum atomic E-state index is 11.3. The summed E-state index contributed by atoms with van der Waals surface area (Å²) in [6, 6.07) is 0. The number of hydrogen-bond donors (Lipinski definition) is 0. The van der Waals surface area contributed by atoms with Crippen molar-refractivity contribution in [2.75, 3.05) is 26.9 Å². The second-order valence-corrected chi connectivity index (χ2v) is 11.4. The summed E-state index contributed by atoms with van der Waals surface area (Å²) >= 11 is 0. The van der Waals surface area contributed by atoms with Gasteiger partial charge in [-0.3, -0.25) is 0 Å². The standard InChI is InChI=1S/C31H50O6/c1-5-6-12-20-30(2,3)27(37-29-16-11-13-22-34-29)18-17-25-19-21-31(35-23-24-36-31)26(25)14-9-7-8-10-15-28(32)33-4/h7-8,10,15,17-18,25-27,29H,5-6,9,11-14,16,19-24H2,1-4H3. The minimum atomic E-state index is -0.468. The number of esters is 1. The van der Waals surface area contributed by atoms with Gasteiger partial charge in [0.2, 0.25) is 0 Å². The number of carbonyl (C=O) groups excluding carboxylic acids is 1. The summed E-state index contributed by atoms with van der Waals surface area (Å²) in [6.45, 7) is 9.06. The van der Waals surface area contributed by atoms with Crippen LogP contribution >= 0.6 is 0 Å². The fourth-order valence-electron chi connectivity index (χ4n) is 5.92. The van der Waals surface area contributed by atoms with E-state index < -0.39 is 5.79 Å². The van der Waals surface area contributed by atoms with Gasteiger partial charge in [0.05, 0.1) is 26.4 Å². The molecule has 0 radical (unpaired) electrons. The van der Waals surface area contributed by atoms with Crippen LogP contribution in [0, 0.1) is 17.3 Å². The average Bonchev–Trinajstić information content (AvgIpc) is 3.51. The van der Waals surface area contributed by atoms with Crippen LogP contribution in [0.2, 0.25) is 0 Å². The maximum Gasteiger partial charge on any atom is 0.330 e. The minimum absolute atomic E-state index is 0.0124. The number of hydrogen-bond acceptors (Lipinski definition) is 6. The number of carbonyl (C=O) groups is 1. The Hall–Kier alpha value is -1.47. The van der Waals surface area contributed by atoms with Crippen molar-refractivity contribution in [3.63, 3.8) is 0 Å². The molecule has 1 aliphatic carbocycles. The van der Waals surface area contributed by atoms with Gasteiger partial charge in [-0.1, -0.05) is 70.4 Å². The molecule has 2 saturated heterocycles. The van der Waals surface area contributed by atoms with Gasteiger partial charge in [0, 0.05) is 25.0 Å². The van der Waals surface area contributed by atoms with Crippen LogP contribution in [0.1, 0.15) is 91.4 Å². The Labute approximate surface area is 224 Å². The lowest BCUT2D eigenvalue weighted by Crippen LogP contribution is -2.37. The van der Waals surface area contributed by atoms with Gasteiger partial charge in [0.25, 0.3) is 0 Å². The molecule has 1 saturated carbocycles. The van der Waals surface area contributed by atoms with Crippen molar-refractivity contribution < 1.29 is 28.5 Å². The molecule has 210 valence electrons. The number of unbranched alkanes of at least 4 members (excludes halogenated alkanes) is 2. The molecule has 0 aromatic carbocycles. The molecule has 0 aromatic rings. The first kappa shape index (κ1) is 30.1. The summed E-state index contributed by atoms with van der Waals surface area (Å²) in [4.78, 5) is 11.3. The first-order valence-electron chi connectivity index (χ1n) is 14.5. The fraction of sp³-hybridized carbons (Fsp3) is 0.774. The molecule has 0 bridgehead atoms. The Balaban J connectivity index is 1.69. The maximum absolute atomic E-state index is 11.3. The molecule has 3 aliphatic rings. The highest BCUT2D eigenvalue weighted by Crippen LogP contribution is 2.49. The van der Waals surface area contributed by atoms with Crippen LogP contribution in [0.5, 0.6) is 0 Å². The third kappa shape index (κ3) is 9.05. The van der Waals surface area contributed by atoms with Crippen LogP contribution in [-0.4, -0.2) is 51.1 Å². The normalized spacial score (nSPS) is 27.2. The minimum Gasteiger partial charge on any atom is -0.466 e. The van der Waals surface area contributed by atoms with Gasteiger partial charge in [0.1, 0.15) is 0 Å². The van der Waals surface area contributed by atoms with Crippen LogP contribution in [0.25, 0.3) is 0 Å². The molecule has 6 nitrogen and oxygen atoms in total. The van der Waals surface area contributed by atoms with E-state index in [2.05, 4.69) is 43.7 Å². The van der Waals surface area contributed by atoms with Crippen molar-refractivity contribution in [1.82, 2.24) is 0 Å². The Bertz CT molecular complexity index is 758. The largest absolute Gasteiger partial charge is 0.466 e. The zero-order chi connectivity index (χ0) is 26.6. The highest BCUT2D eigenvalue weighted by atomic mass is 16.7. The van der Waals surface area contributed by atoms with Gasteiger partial charge in [-0.05, 0) is 56.3 Å². The van der Waals surface area contributed by atoms with Crippen LogP contribution < -0.4 is 0 Å². The van der Waals surface area contributed by atoms with Crippen molar-refractivity contribution >= 4 is 5.97 Å². The van der Waals surface area contributed by atoms with Crippen LogP contribution in [-0.2, 0) is 28.5 Å². The molecule has 0 aromatic heterocycles.